The van der Waals surface area contributed by atoms with E-state index in [-0.39, 0.29) is 37.7 Å². The van der Waals surface area contributed by atoms with Gasteiger partial charge in [0.05, 0.1) is 13.0 Å². The minimum absolute atomic E-state index is 0.0876. The highest BCUT2D eigenvalue weighted by molar-refractivity contribution is 5.79. The van der Waals surface area contributed by atoms with Gasteiger partial charge >= 0.3 is 6.18 Å². The van der Waals surface area contributed by atoms with E-state index in [1.165, 1.54) is 17.0 Å². The zero-order valence-corrected chi connectivity index (χ0v) is 13.2. The summed E-state index contributed by atoms with van der Waals surface area (Å²) in [5, 5.41) is 9.44. The first-order valence-corrected chi connectivity index (χ1v) is 7.44. The van der Waals surface area contributed by atoms with Crippen LogP contribution in [-0.4, -0.2) is 58.7 Å². The Morgan fingerprint density at radius 3 is 2.57 bits per heavy atom. The third-order valence-corrected chi connectivity index (χ3v) is 3.95. The van der Waals surface area contributed by atoms with Crippen LogP contribution in [0.2, 0.25) is 0 Å². The van der Waals surface area contributed by atoms with E-state index in [1.807, 2.05) is 0 Å². The van der Waals surface area contributed by atoms with Gasteiger partial charge in [-0.15, -0.1) is 0 Å². The Balaban J connectivity index is 2.02. The van der Waals surface area contributed by atoms with Crippen molar-refractivity contribution >= 4 is 5.91 Å². The Morgan fingerprint density at radius 1 is 1.30 bits per heavy atom. The topological polar surface area (TPSA) is 43.8 Å². The molecule has 0 radical (unpaired) electrons. The molecule has 0 bridgehead atoms. The van der Waals surface area contributed by atoms with Crippen LogP contribution in [0.1, 0.15) is 19.4 Å². The molecule has 1 aliphatic rings. The summed E-state index contributed by atoms with van der Waals surface area (Å²) in [6, 6.07) is 6.44. The van der Waals surface area contributed by atoms with Crippen molar-refractivity contribution in [3.8, 4) is 5.75 Å². The minimum Gasteiger partial charge on any atom is -0.508 e. The predicted molar refractivity (Wildman–Crippen MR) is 80.1 cm³/mol. The summed E-state index contributed by atoms with van der Waals surface area (Å²) in [6.45, 7) is 3.24. The van der Waals surface area contributed by atoms with E-state index in [2.05, 4.69) is 0 Å². The van der Waals surface area contributed by atoms with E-state index in [4.69, 9.17) is 0 Å². The largest absolute Gasteiger partial charge is 0.508 e. The number of carbonyl (C=O) groups excluding carboxylic acids is 1. The van der Waals surface area contributed by atoms with Crippen LogP contribution in [0.5, 0.6) is 5.75 Å². The molecule has 0 unspecified atom stereocenters. The number of alkyl halides is 3. The van der Waals surface area contributed by atoms with Crippen LogP contribution in [0.4, 0.5) is 13.2 Å². The van der Waals surface area contributed by atoms with Gasteiger partial charge in [-0.3, -0.25) is 9.69 Å². The third-order valence-electron chi connectivity index (χ3n) is 3.95. The summed E-state index contributed by atoms with van der Waals surface area (Å²) in [6.07, 6.45) is -4.11. The van der Waals surface area contributed by atoms with Crippen molar-refractivity contribution in [2.45, 2.75) is 32.0 Å². The summed E-state index contributed by atoms with van der Waals surface area (Å²) in [4.78, 5) is 15.5. The van der Waals surface area contributed by atoms with E-state index in [0.717, 1.165) is 0 Å². The molecule has 4 nitrogen and oxygen atoms in total. The van der Waals surface area contributed by atoms with E-state index in [9.17, 15) is 23.1 Å². The number of aromatic hydroxyl groups is 1. The highest BCUT2D eigenvalue weighted by Crippen LogP contribution is 2.25. The number of nitrogens with zero attached hydrogens (tertiary/aromatic N) is 2. The molecule has 23 heavy (non-hydrogen) atoms. The molecular formula is C16H21F3N2O2. The van der Waals surface area contributed by atoms with Crippen molar-refractivity contribution < 1.29 is 23.1 Å². The van der Waals surface area contributed by atoms with Gasteiger partial charge in [0, 0.05) is 25.2 Å². The first-order chi connectivity index (χ1) is 10.6. The summed E-state index contributed by atoms with van der Waals surface area (Å²) in [5.74, 6) is -0.0585. The van der Waals surface area contributed by atoms with Crippen LogP contribution < -0.4 is 0 Å². The fourth-order valence-corrected chi connectivity index (χ4v) is 3.04. The third kappa shape index (κ3) is 4.86. The van der Waals surface area contributed by atoms with Crippen molar-refractivity contribution in [1.82, 2.24) is 9.80 Å². The second-order valence-electron chi connectivity index (χ2n) is 6.53. The Morgan fingerprint density at radius 2 is 2.00 bits per heavy atom. The molecule has 1 aromatic rings. The van der Waals surface area contributed by atoms with E-state index in [0.29, 0.717) is 5.56 Å². The normalized spacial score (nSPS) is 18.9. The Kier molecular flexibility index (Phi) is 4.89. The molecule has 7 heteroatoms. The fraction of sp³-hybridized carbons (Fsp3) is 0.562. The van der Waals surface area contributed by atoms with Crippen LogP contribution in [-0.2, 0) is 11.2 Å². The van der Waals surface area contributed by atoms with Gasteiger partial charge in [0.25, 0.3) is 0 Å². The lowest BCUT2D eigenvalue weighted by atomic mass is 9.97. The van der Waals surface area contributed by atoms with Gasteiger partial charge in [0.15, 0.2) is 0 Å². The molecule has 1 saturated heterocycles. The van der Waals surface area contributed by atoms with Crippen LogP contribution >= 0.6 is 0 Å². The van der Waals surface area contributed by atoms with Crippen molar-refractivity contribution in [3.05, 3.63) is 29.8 Å². The maximum atomic E-state index is 12.5. The number of amides is 1. The SMILES string of the molecule is CC1(C)CN(CC(F)(F)F)CCN1C(=O)Cc1cccc(O)c1. The number of halogens is 3. The van der Waals surface area contributed by atoms with Crippen LogP contribution in [0.25, 0.3) is 0 Å². The van der Waals surface area contributed by atoms with Gasteiger partial charge in [-0.2, -0.15) is 13.2 Å². The van der Waals surface area contributed by atoms with Crippen molar-refractivity contribution in [2.75, 3.05) is 26.2 Å². The van der Waals surface area contributed by atoms with E-state index in [1.54, 1.807) is 30.9 Å². The standard InChI is InChI=1S/C16H21F3N2O2/c1-15(2)10-20(11-16(17,18)19)6-7-21(15)14(23)9-12-4-3-5-13(22)8-12/h3-5,8,22H,6-7,9-11H2,1-2H3. The van der Waals surface area contributed by atoms with Crippen LogP contribution in [0.15, 0.2) is 24.3 Å². The monoisotopic (exact) mass is 330 g/mol. The Labute approximate surface area is 133 Å². The molecule has 0 aliphatic carbocycles. The average molecular weight is 330 g/mol. The Hall–Kier alpha value is -1.76. The molecule has 1 aliphatic heterocycles. The molecule has 0 spiro atoms. The second-order valence-corrected chi connectivity index (χ2v) is 6.53. The summed E-state index contributed by atoms with van der Waals surface area (Å²) in [5.41, 5.74) is 0.0146. The number of hydrogen-bond acceptors (Lipinski definition) is 3. The van der Waals surface area contributed by atoms with Gasteiger partial charge in [0.1, 0.15) is 5.75 Å². The lowest BCUT2D eigenvalue weighted by Crippen LogP contribution is -2.62. The minimum atomic E-state index is -4.23. The zero-order chi connectivity index (χ0) is 17.3. The highest BCUT2D eigenvalue weighted by Gasteiger charge is 2.40. The number of phenolic OH excluding ortho intramolecular Hbond substituents is 1. The number of benzene rings is 1. The highest BCUT2D eigenvalue weighted by atomic mass is 19.4. The molecule has 1 amide bonds. The maximum absolute atomic E-state index is 12.5. The number of piperazine rings is 1. The molecule has 0 saturated carbocycles. The molecule has 0 atom stereocenters. The molecule has 1 aromatic carbocycles. The fourth-order valence-electron chi connectivity index (χ4n) is 3.04. The predicted octanol–water partition coefficient (Wildman–Crippen LogP) is 2.42. The van der Waals surface area contributed by atoms with Gasteiger partial charge in [0.2, 0.25) is 5.91 Å². The lowest BCUT2D eigenvalue weighted by molar-refractivity contribution is -0.160. The Bertz CT molecular complexity index is 573. The molecular weight excluding hydrogens is 309 g/mol. The van der Waals surface area contributed by atoms with Crippen molar-refractivity contribution in [2.24, 2.45) is 0 Å². The molecule has 1 heterocycles. The number of hydrogen-bond donors (Lipinski definition) is 1. The first kappa shape index (κ1) is 17.6. The zero-order valence-electron chi connectivity index (χ0n) is 13.2. The maximum Gasteiger partial charge on any atom is 0.401 e. The van der Waals surface area contributed by atoms with E-state index < -0.39 is 18.3 Å². The summed E-state index contributed by atoms with van der Waals surface area (Å²) in [7, 11) is 0. The number of carbonyl (C=O) groups is 1. The van der Waals surface area contributed by atoms with Crippen LogP contribution in [0, 0.1) is 0 Å². The average Bonchev–Trinajstić information content (AvgIpc) is 2.35. The molecule has 0 aromatic heterocycles. The van der Waals surface area contributed by atoms with Crippen molar-refractivity contribution in [3.63, 3.8) is 0 Å². The number of phenols is 1. The lowest BCUT2D eigenvalue weighted by Gasteiger charge is -2.47. The van der Waals surface area contributed by atoms with Gasteiger partial charge < -0.3 is 10.0 Å². The second kappa shape index (κ2) is 6.39. The van der Waals surface area contributed by atoms with Crippen LogP contribution in [0.3, 0.4) is 0 Å². The smallest absolute Gasteiger partial charge is 0.401 e. The summed E-state index contributed by atoms with van der Waals surface area (Å²) < 4.78 is 37.6. The molecule has 128 valence electrons. The van der Waals surface area contributed by atoms with E-state index >= 15 is 0 Å². The molecule has 1 fully saturated rings. The number of rotatable bonds is 3. The van der Waals surface area contributed by atoms with Crippen molar-refractivity contribution in [1.29, 1.82) is 0 Å². The van der Waals surface area contributed by atoms with Gasteiger partial charge in [-0.05, 0) is 31.5 Å². The summed E-state index contributed by atoms with van der Waals surface area (Å²) >= 11 is 0. The molecule has 2 rings (SSSR count). The first-order valence-electron chi connectivity index (χ1n) is 7.44. The molecule has 1 N–H and O–H groups in total. The quantitative estimate of drug-likeness (QED) is 0.926. The van der Waals surface area contributed by atoms with Gasteiger partial charge in [-0.25, -0.2) is 0 Å². The van der Waals surface area contributed by atoms with Gasteiger partial charge in [-0.1, -0.05) is 12.1 Å².